The van der Waals surface area contributed by atoms with Gasteiger partial charge in [-0.3, -0.25) is 4.98 Å². The maximum Gasteiger partial charge on any atom is 0.138 e. The second-order valence-electron chi connectivity index (χ2n) is 7.02. The number of aromatic nitrogens is 1. The lowest BCUT2D eigenvalue weighted by Gasteiger charge is -2.27. The minimum Gasteiger partial charge on any atom is -0.489 e. The van der Waals surface area contributed by atoms with Crippen LogP contribution < -0.4 is 10.1 Å². The summed E-state index contributed by atoms with van der Waals surface area (Å²) in [5.41, 5.74) is 1.40. The first-order valence-electron chi connectivity index (χ1n) is 7.55. The Hall–Kier alpha value is -1.09. The Balaban J connectivity index is 2.68. The average molecular weight is 278 g/mol. The van der Waals surface area contributed by atoms with Crippen molar-refractivity contribution in [1.82, 2.24) is 10.3 Å². The normalized spacial score (nSPS) is 15.2. The molecule has 0 fully saturated rings. The molecule has 2 atom stereocenters. The van der Waals surface area contributed by atoms with E-state index in [0.717, 1.165) is 12.3 Å². The Morgan fingerprint density at radius 3 is 2.35 bits per heavy atom. The molecule has 1 N–H and O–H groups in total. The van der Waals surface area contributed by atoms with Crippen LogP contribution in [0.4, 0.5) is 0 Å². The fraction of sp³-hybridized carbons (Fsp3) is 0.706. The van der Waals surface area contributed by atoms with Crippen LogP contribution in [0, 0.1) is 5.92 Å². The van der Waals surface area contributed by atoms with Crippen LogP contribution in [0.1, 0.15) is 59.9 Å². The maximum atomic E-state index is 5.72. The second kappa shape index (κ2) is 7.07. The first-order chi connectivity index (χ1) is 9.19. The van der Waals surface area contributed by atoms with E-state index in [9.17, 15) is 0 Å². The molecule has 0 saturated carbocycles. The van der Waals surface area contributed by atoms with Crippen LogP contribution in [-0.2, 0) is 0 Å². The first-order valence-corrected chi connectivity index (χ1v) is 7.55. The molecule has 3 nitrogen and oxygen atoms in total. The van der Waals surface area contributed by atoms with Crippen molar-refractivity contribution < 1.29 is 4.74 Å². The fourth-order valence-electron chi connectivity index (χ4n) is 1.99. The average Bonchev–Trinajstić information content (AvgIpc) is 2.33. The molecule has 1 aromatic rings. The van der Waals surface area contributed by atoms with Crippen LogP contribution >= 0.6 is 0 Å². The quantitative estimate of drug-likeness (QED) is 0.854. The molecule has 0 aliphatic rings. The monoisotopic (exact) mass is 278 g/mol. The lowest BCUT2D eigenvalue weighted by atomic mass is 9.89. The van der Waals surface area contributed by atoms with Crippen molar-refractivity contribution in [2.45, 2.75) is 66.0 Å². The summed E-state index contributed by atoms with van der Waals surface area (Å²) in [6.45, 7) is 16.2. The number of hydrogen-bond donors (Lipinski definition) is 1. The Kier molecular flexibility index (Phi) is 6.00. The maximum absolute atomic E-state index is 5.72. The van der Waals surface area contributed by atoms with E-state index in [2.05, 4.69) is 51.0 Å². The van der Waals surface area contributed by atoms with Crippen LogP contribution in [0.25, 0.3) is 0 Å². The van der Waals surface area contributed by atoms with Crippen LogP contribution in [-0.4, -0.2) is 23.2 Å². The van der Waals surface area contributed by atoms with Gasteiger partial charge in [0.2, 0.25) is 0 Å². The zero-order valence-electron chi connectivity index (χ0n) is 14.0. The molecule has 0 saturated heterocycles. The predicted octanol–water partition coefficient (Wildman–Crippen LogP) is 4.00. The molecular weight excluding hydrogens is 248 g/mol. The van der Waals surface area contributed by atoms with Gasteiger partial charge in [0.15, 0.2) is 0 Å². The highest BCUT2D eigenvalue weighted by Gasteiger charge is 2.18. The molecule has 114 valence electrons. The van der Waals surface area contributed by atoms with Crippen molar-refractivity contribution in [3.63, 3.8) is 0 Å². The van der Waals surface area contributed by atoms with Gasteiger partial charge in [0.05, 0.1) is 12.3 Å². The molecule has 2 unspecified atom stereocenters. The third-order valence-electron chi connectivity index (χ3n) is 3.44. The summed E-state index contributed by atoms with van der Waals surface area (Å²) in [6.07, 6.45) is 3.92. The van der Waals surface area contributed by atoms with Crippen molar-refractivity contribution in [2.75, 3.05) is 6.54 Å². The summed E-state index contributed by atoms with van der Waals surface area (Å²) in [5, 5.41) is 3.57. The van der Waals surface area contributed by atoms with Gasteiger partial charge < -0.3 is 10.1 Å². The molecule has 20 heavy (non-hydrogen) atoms. The lowest BCUT2D eigenvalue weighted by molar-refractivity contribution is 0.241. The van der Waals surface area contributed by atoms with Gasteiger partial charge in [-0.05, 0) is 64.6 Å². The molecule has 3 heteroatoms. The molecule has 0 aliphatic heterocycles. The molecule has 1 heterocycles. The van der Waals surface area contributed by atoms with Crippen LogP contribution in [0.2, 0.25) is 0 Å². The standard InChI is InChI=1S/C17H30N2O/c1-12(2)20-16-8-15(10-18-11-16)14(4)13(3)9-19-17(5,6)7/h8,10-14,19H,9H2,1-7H3. The number of ether oxygens (including phenoxy) is 1. The molecule has 0 aromatic carbocycles. The Morgan fingerprint density at radius 1 is 1.15 bits per heavy atom. The predicted molar refractivity (Wildman–Crippen MR) is 85.3 cm³/mol. The second-order valence-corrected chi connectivity index (χ2v) is 7.02. The van der Waals surface area contributed by atoms with E-state index in [1.165, 1.54) is 5.56 Å². The van der Waals surface area contributed by atoms with Gasteiger partial charge in [-0.25, -0.2) is 0 Å². The van der Waals surface area contributed by atoms with E-state index in [-0.39, 0.29) is 11.6 Å². The largest absolute Gasteiger partial charge is 0.489 e. The molecule has 0 amide bonds. The first kappa shape index (κ1) is 17.0. The van der Waals surface area contributed by atoms with E-state index in [0.29, 0.717) is 11.8 Å². The molecule has 0 radical (unpaired) electrons. The van der Waals surface area contributed by atoms with Crippen molar-refractivity contribution in [3.8, 4) is 5.75 Å². The highest BCUT2D eigenvalue weighted by atomic mass is 16.5. The Morgan fingerprint density at radius 2 is 1.80 bits per heavy atom. The van der Waals surface area contributed by atoms with Gasteiger partial charge in [-0.2, -0.15) is 0 Å². The van der Waals surface area contributed by atoms with Gasteiger partial charge in [0.1, 0.15) is 5.75 Å². The van der Waals surface area contributed by atoms with Crippen LogP contribution in [0.3, 0.4) is 0 Å². The number of nitrogens with one attached hydrogen (secondary N) is 1. The topological polar surface area (TPSA) is 34.1 Å². The van der Waals surface area contributed by atoms with Gasteiger partial charge in [-0.1, -0.05) is 13.8 Å². The van der Waals surface area contributed by atoms with E-state index < -0.39 is 0 Å². The van der Waals surface area contributed by atoms with Gasteiger partial charge in [0.25, 0.3) is 0 Å². The molecule has 1 aromatic heterocycles. The highest BCUT2D eigenvalue weighted by Crippen LogP contribution is 2.26. The molecule has 0 spiro atoms. The zero-order chi connectivity index (χ0) is 15.3. The SMILES string of the molecule is CC(C)Oc1cncc(C(C)C(C)CNC(C)(C)C)c1. The minimum absolute atomic E-state index is 0.162. The number of rotatable bonds is 6. The van der Waals surface area contributed by atoms with Crippen molar-refractivity contribution in [1.29, 1.82) is 0 Å². The number of pyridine rings is 1. The van der Waals surface area contributed by atoms with Gasteiger partial charge in [0, 0.05) is 11.7 Å². The molecule has 0 bridgehead atoms. The van der Waals surface area contributed by atoms with Crippen molar-refractivity contribution in [2.24, 2.45) is 5.92 Å². The molecule has 0 aliphatic carbocycles. The number of hydrogen-bond acceptors (Lipinski definition) is 3. The zero-order valence-corrected chi connectivity index (χ0v) is 14.0. The summed E-state index contributed by atoms with van der Waals surface area (Å²) >= 11 is 0. The number of nitrogens with zero attached hydrogens (tertiary/aromatic N) is 1. The summed E-state index contributed by atoms with van der Waals surface area (Å²) in [7, 11) is 0. The third kappa shape index (κ3) is 5.91. The van der Waals surface area contributed by atoms with E-state index >= 15 is 0 Å². The summed E-state index contributed by atoms with van der Waals surface area (Å²) in [5.74, 6) is 1.86. The third-order valence-corrected chi connectivity index (χ3v) is 3.44. The minimum atomic E-state index is 0.162. The highest BCUT2D eigenvalue weighted by molar-refractivity contribution is 5.26. The van der Waals surface area contributed by atoms with E-state index in [4.69, 9.17) is 4.74 Å². The van der Waals surface area contributed by atoms with Crippen LogP contribution in [0.5, 0.6) is 5.75 Å². The van der Waals surface area contributed by atoms with Gasteiger partial charge in [-0.15, -0.1) is 0 Å². The van der Waals surface area contributed by atoms with E-state index in [1.807, 2.05) is 20.0 Å². The van der Waals surface area contributed by atoms with Crippen LogP contribution in [0.15, 0.2) is 18.5 Å². The van der Waals surface area contributed by atoms with Crippen molar-refractivity contribution in [3.05, 3.63) is 24.0 Å². The van der Waals surface area contributed by atoms with E-state index in [1.54, 1.807) is 6.20 Å². The summed E-state index contributed by atoms with van der Waals surface area (Å²) < 4.78 is 5.72. The Labute approximate surface area is 124 Å². The lowest BCUT2D eigenvalue weighted by Crippen LogP contribution is -2.39. The Bertz CT molecular complexity index is 410. The summed E-state index contributed by atoms with van der Waals surface area (Å²) in [6, 6.07) is 2.12. The summed E-state index contributed by atoms with van der Waals surface area (Å²) in [4.78, 5) is 4.30. The molecular formula is C17H30N2O. The van der Waals surface area contributed by atoms with Gasteiger partial charge >= 0.3 is 0 Å². The fourth-order valence-corrected chi connectivity index (χ4v) is 1.99. The van der Waals surface area contributed by atoms with Crippen molar-refractivity contribution >= 4 is 0 Å². The smallest absolute Gasteiger partial charge is 0.138 e. The molecule has 1 rings (SSSR count).